The molecule has 0 aliphatic carbocycles. The Hall–Kier alpha value is -1.56. The minimum absolute atomic E-state index is 0. The first kappa shape index (κ1) is 17.8. The number of hydrogen-bond donors (Lipinski definition) is 1. The number of para-hydroxylation sites is 1. The Morgan fingerprint density at radius 1 is 1.39 bits per heavy atom. The number of carbonyl (C=O) groups is 1. The van der Waals surface area contributed by atoms with Crippen LogP contribution in [0.5, 0.6) is 0 Å². The molecule has 7 heteroatoms. The molecular weight excluding hydrogens is 335 g/mol. The normalized spacial score (nSPS) is 17.7. The molecule has 0 bridgehead atoms. The van der Waals surface area contributed by atoms with Crippen LogP contribution < -0.4 is 5.32 Å². The summed E-state index contributed by atoms with van der Waals surface area (Å²) < 4.78 is 1.72. The van der Waals surface area contributed by atoms with Crippen molar-refractivity contribution in [1.82, 2.24) is 20.0 Å². The van der Waals surface area contributed by atoms with E-state index in [1.54, 1.807) is 4.68 Å². The van der Waals surface area contributed by atoms with Gasteiger partial charge in [-0.25, -0.2) is 4.68 Å². The molecule has 3 rings (SSSR count). The summed E-state index contributed by atoms with van der Waals surface area (Å²) in [6.07, 6.45) is 0. The zero-order valence-electron chi connectivity index (χ0n) is 13.1. The molecule has 1 N–H and O–H groups in total. The zero-order chi connectivity index (χ0) is 15.7. The van der Waals surface area contributed by atoms with Gasteiger partial charge in [-0.3, -0.25) is 4.79 Å². The van der Waals surface area contributed by atoms with Crippen molar-refractivity contribution in [2.75, 3.05) is 19.6 Å². The fraction of sp³-hybridized carbons (Fsp3) is 0.375. The van der Waals surface area contributed by atoms with E-state index in [-0.39, 0.29) is 18.3 Å². The third kappa shape index (κ3) is 3.68. The van der Waals surface area contributed by atoms with Crippen LogP contribution in [-0.4, -0.2) is 46.3 Å². The molecule has 1 saturated heterocycles. The molecule has 2 heterocycles. The van der Waals surface area contributed by atoms with Gasteiger partial charge in [0.1, 0.15) is 0 Å². The molecule has 0 spiro atoms. The summed E-state index contributed by atoms with van der Waals surface area (Å²) in [6, 6.07) is 9.62. The van der Waals surface area contributed by atoms with Gasteiger partial charge in [0, 0.05) is 31.4 Å². The molecule has 1 amide bonds. The summed E-state index contributed by atoms with van der Waals surface area (Å²) in [7, 11) is 0. The molecule has 0 saturated carbocycles. The first-order chi connectivity index (χ1) is 10.6. The lowest BCUT2D eigenvalue weighted by atomic mass is 10.2. The molecule has 23 heavy (non-hydrogen) atoms. The van der Waals surface area contributed by atoms with Crippen molar-refractivity contribution in [2.24, 2.45) is 0 Å². The van der Waals surface area contributed by atoms with E-state index in [0.717, 1.165) is 17.9 Å². The second-order valence-electron chi connectivity index (χ2n) is 5.64. The first-order valence-electron chi connectivity index (χ1n) is 7.40. The summed E-state index contributed by atoms with van der Waals surface area (Å²) in [6.45, 7) is 6.23. The molecule has 1 fully saturated rings. The summed E-state index contributed by atoms with van der Waals surface area (Å²) in [5.41, 5.74) is 2.14. The highest BCUT2D eigenvalue weighted by molar-refractivity contribution is 6.32. The maximum atomic E-state index is 12.6. The van der Waals surface area contributed by atoms with E-state index in [9.17, 15) is 4.79 Å². The van der Waals surface area contributed by atoms with Gasteiger partial charge in [0.2, 0.25) is 0 Å². The maximum absolute atomic E-state index is 12.6. The number of carbonyl (C=O) groups excluding carboxylic acids is 1. The molecular formula is C16H20Cl2N4O. The summed E-state index contributed by atoms with van der Waals surface area (Å²) in [5.74, 6) is -0.0257. The van der Waals surface area contributed by atoms with Crippen molar-refractivity contribution in [3.63, 3.8) is 0 Å². The van der Waals surface area contributed by atoms with Gasteiger partial charge in [-0.05, 0) is 32.0 Å². The molecule has 1 aliphatic heterocycles. The third-order valence-corrected chi connectivity index (χ3v) is 4.16. The summed E-state index contributed by atoms with van der Waals surface area (Å²) >= 11 is 6.22. The Morgan fingerprint density at radius 3 is 2.83 bits per heavy atom. The van der Waals surface area contributed by atoms with E-state index in [1.807, 2.05) is 42.2 Å². The predicted molar refractivity (Wildman–Crippen MR) is 93.9 cm³/mol. The van der Waals surface area contributed by atoms with Crippen molar-refractivity contribution in [2.45, 2.75) is 19.9 Å². The number of aromatic nitrogens is 2. The molecule has 1 aliphatic rings. The van der Waals surface area contributed by atoms with Gasteiger partial charge in [-0.15, -0.1) is 12.4 Å². The van der Waals surface area contributed by atoms with Crippen LogP contribution >= 0.6 is 24.0 Å². The van der Waals surface area contributed by atoms with Gasteiger partial charge >= 0.3 is 0 Å². The number of nitrogens with zero attached hydrogens (tertiary/aromatic N) is 3. The lowest BCUT2D eigenvalue weighted by molar-refractivity contribution is 0.0702. The van der Waals surface area contributed by atoms with Gasteiger partial charge < -0.3 is 10.2 Å². The van der Waals surface area contributed by atoms with Crippen molar-refractivity contribution < 1.29 is 4.79 Å². The highest BCUT2D eigenvalue weighted by atomic mass is 35.5. The average Bonchev–Trinajstić information content (AvgIpc) is 2.89. The van der Waals surface area contributed by atoms with Crippen LogP contribution in [0.3, 0.4) is 0 Å². The highest BCUT2D eigenvalue weighted by Crippen LogP contribution is 2.21. The molecule has 1 atom stereocenters. The lowest BCUT2D eigenvalue weighted by Gasteiger charge is -2.31. The molecule has 1 aromatic heterocycles. The van der Waals surface area contributed by atoms with Crippen molar-refractivity contribution in [1.29, 1.82) is 0 Å². The van der Waals surface area contributed by atoms with Gasteiger partial charge in [0.05, 0.1) is 10.7 Å². The van der Waals surface area contributed by atoms with E-state index < -0.39 is 0 Å². The quantitative estimate of drug-likeness (QED) is 0.901. The number of halogens is 2. The summed E-state index contributed by atoms with van der Waals surface area (Å²) in [4.78, 5) is 14.5. The molecule has 1 aromatic carbocycles. The highest BCUT2D eigenvalue weighted by Gasteiger charge is 2.24. The Labute approximate surface area is 147 Å². The van der Waals surface area contributed by atoms with Crippen LogP contribution in [0.1, 0.15) is 23.1 Å². The number of aryl methyl sites for hydroxylation is 1. The Morgan fingerprint density at radius 2 is 2.13 bits per heavy atom. The minimum Gasteiger partial charge on any atom is -0.334 e. The molecule has 0 radical (unpaired) electrons. The average molecular weight is 355 g/mol. The summed E-state index contributed by atoms with van der Waals surface area (Å²) in [5, 5.41) is 8.41. The minimum atomic E-state index is -0.0257. The van der Waals surface area contributed by atoms with Crippen LogP contribution in [0.15, 0.2) is 30.3 Å². The van der Waals surface area contributed by atoms with Gasteiger partial charge in [0.25, 0.3) is 5.91 Å². The second kappa shape index (κ2) is 7.34. The fourth-order valence-corrected chi connectivity index (χ4v) is 2.94. The van der Waals surface area contributed by atoms with E-state index >= 15 is 0 Å². The van der Waals surface area contributed by atoms with Gasteiger partial charge in [-0.1, -0.05) is 23.7 Å². The number of hydrogen-bond acceptors (Lipinski definition) is 3. The van der Waals surface area contributed by atoms with E-state index in [4.69, 9.17) is 11.6 Å². The number of amides is 1. The van der Waals surface area contributed by atoms with Crippen LogP contribution in [0.25, 0.3) is 5.69 Å². The SMILES string of the molecule is Cc1cc(C(=O)N2CCN[C@H](C)C2)nn1-c1ccccc1Cl.Cl. The van der Waals surface area contributed by atoms with Crippen molar-refractivity contribution in [3.8, 4) is 5.69 Å². The van der Waals surface area contributed by atoms with Gasteiger partial charge in [-0.2, -0.15) is 5.10 Å². The Bertz CT molecular complexity index is 701. The van der Waals surface area contributed by atoms with Crippen molar-refractivity contribution in [3.05, 3.63) is 46.7 Å². The molecule has 5 nitrogen and oxygen atoms in total. The van der Waals surface area contributed by atoms with Gasteiger partial charge in [0.15, 0.2) is 5.69 Å². The number of piperazine rings is 1. The predicted octanol–water partition coefficient (Wildman–Crippen LogP) is 2.69. The standard InChI is InChI=1S/C16H19ClN4O.ClH/c1-11-10-20(8-7-18-11)16(22)14-9-12(2)21(19-14)15-6-4-3-5-13(15)17;/h3-6,9,11,18H,7-8,10H2,1-2H3;1H/t11-;/m1./s1. The lowest BCUT2D eigenvalue weighted by Crippen LogP contribution is -2.51. The first-order valence-corrected chi connectivity index (χ1v) is 7.78. The molecule has 0 unspecified atom stereocenters. The largest absolute Gasteiger partial charge is 0.334 e. The number of benzene rings is 1. The van der Waals surface area contributed by atoms with E-state index in [0.29, 0.717) is 29.8 Å². The van der Waals surface area contributed by atoms with E-state index in [1.165, 1.54) is 0 Å². The maximum Gasteiger partial charge on any atom is 0.274 e. The second-order valence-corrected chi connectivity index (χ2v) is 6.05. The molecule has 124 valence electrons. The zero-order valence-corrected chi connectivity index (χ0v) is 14.7. The van der Waals surface area contributed by atoms with Crippen LogP contribution in [0.2, 0.25) is 5.02 Å². The third-order valence-electron chi connectivity index (χ3n) is 3.84. The Kier molecular flexibility index (Phi) is 5.68. The number of nitrogens with one attached hydrogen (secondary N) is 1. The smallest absolute Gasteiger partial charge is 0.274 e. The topological polar surface area (TPSA) is 50.2 Å². The van der Waals surface area contributed by atoms with Crippen LogP contribution in [-0.2, 0) is 0 Å². The monoisotopic (exact) mass is 354 g/mol. The van der Waals surface area contributed by atoms with Crippen LogP contribution in [0.4, 0.5) is 0 Å². The fourth-order valence-electron chi connectivity index (χ4n) is 2.73. The molecule has 2 aromatic rings. The number of rotatable bonds is 2. The van der Waals surface area contributed by atoms with Crippen LogP contribution in [0, 0.1) is 6.92 Å². The van der Waals surface area contributed by atoms with Crippen molar-refractivity contribution >= 4 is 29.9 Å². The Balaban J connectivity index is 0.00000192. The van der Waals surface area contributed by atoms with E-state index in [2.05, 4.69) is 17.3 Å².